The van der Waals surface area contributed by atoms with E-state index in [0.717, 1.165) is 37.7 Å². The number of halogens is 2. The Labute approximate surface area is 182 Å². The van der Waals surface area contributed by atoms with Crippen LogP contribution in [0.25, 0.3) is 5.69 Å². The molecule has 0 unspecified atom stereocenters. The lowest BCUT2D eigenvalue weighted by Crippen LogP contribution is -2.53. The lowest BCUT2D eigenvalue weighted by molar-refractivity contribution is 0.102. The molecule has 0 bridgehead atoms. The minimum atomic E-state index is -0.140. The summed E-state index contributed by atoms with van der Waals surface area (Å²) in [5.41, 5.74) is 0.674. The number of hydrogen-bond donors (Lipinski definition) is 0. The molecule has 2 aromatic rings. The van der Waals surface area contributed by atoms with Gasteiger partial charge in [-0.05, 0) is 57.7 Å². The summed E-state index contributed by atoms with van der Waals surface area (Å²) >= 11 is 12.5. The van der Waals surface area contributed by atoms with Crippen LogP contribution in [-0.4, -0.2) is 46.2 Å². The molecule has 0 N–H and O–H groups in total. The highest BCUT2D eigenvalue weighted by Crippen LogP contribution is 2.34. The monoisotopic (exact) mass is 434 g/mol. The van der Waals surface area contributed by atoms with Crippen molar-refractivity contribution in [3.63, 3.8) is 0 Å². The van der Waals surface area contributed by atoms with Gasteiger partial charge in [-0.25, -0.2) is 4.98 Å². The largest absolute Gasteiger partial charge is 0.356 e. The highest BCUT2D eigenvalue weighted by Gasteiger charge is 2.38. The molecule has 0 saturated carbocycles. The normalized spacial score (nSPS) is 22.2. The summed E-state index contributed by atoms with van der Waals surface area (Å²) in [5, 5.41) is 0.786. The molecule has 156 valence electrons. The molecule has 4 rings (SSSR count). The van der Waals surface area contributed by atoms with E-state index in [-0.39, 0.29) is 11.1 Å². The van der Waals surface area contributed by atoms with Crippen molar-refractivity contribution in [3.05, 3.63) is 50.5 Å². The fourth-order valence-corrected chi connectivity index (χ4v) is 5.04. The molecule has 0 aliphatic carbocycles. The maximum absolute atomic E-state index is 12.9. The summed E-state index contributed by atoms with van der Waals surface area (Å²) in [7, 11) is 0. The first-order valence-electron chi connectivity index (χ1n) is 10.3. The van der Waals surface area contributed by atoms with Crippen LogP contribution in [0.15, 0.2) is 29.1 Å². The first kappa shape index (κ1) is 20.7. The average Bonchev–Trinajstić information content (AvgIpc) is 3.12. The van der Waals surface area contributed by atoms with Gasteiger partial charge >= 0.3 is 0 Å². The van der Waals surface area contributed by atoms with E-state index < -0.39 is 0 Å². The van der Waals surface area contributed by atoms with Crippen LogP contribution < -0.4 is 10.5 Å². The number of aryl methyl sites for hydroxylation is 1. The summed E-state index contributed by atoms with van der Waals surface area (Å²) in [5.74, 6) is 2.15. The van der Waals surface area contributed by atoms with Crippen LogP contribution in [0.4, 0.5) is 5.82 Å². The fraction of sp³-hybridized carbons (Fsp3) is 0.545. The van der Waals surface area contributed by atoms with Crippen molar-refractivity contribution in [1.82, 2.24) is 14.5 Å². The van der Waals surface area contributed by atoms with Crippen molar-refractivity contribution in [1.29, 1.82) is 0 Å². The van der Waals surface area contributed by atoms with Gasteiger partial charge in [0.25, 0.3) is 5.56 Å². The molecular formula is C22H28Cl2N4O. The Bertz CT molecular complexity index is 966. The summed E-state index contributed by atoms with van der Waals surface area (Å²) < 4.78 is 1.53. The number of benzene rings is 1. The number of anilines is 1. The summed E-state index contributed by atoms with van der Waals surface area (Å²) in [6.07, 6.45) is 3.47. The van der Waals surface area contributed by atoms with Gasteiger partial charge in [-0.1, -0.05) is 36.2 Å². The zero-order valence-corrected chi connectivity index (χ0v) is 18.8. The SMILES string of the molecule is Cc1nc(N2CCC(C)(N3CC[C@H](C)C3)CC2)cc(=O)n1-c1cccc(Cl)c1Cl. The third-order valence-corrected chi connectivity index (χ3v) is 7.41. The molecule has 0 amide bonds. The van der Waals surface area contributed by atoms with Crippen LogP contribution in [0.5, 0.6) is 0 Å². The lowest BCUT2D eigenvalue weighted by Gasteiger charge is -2.45. The summed E-state index contributed by atoms with van der Waals surface area (Å²) in [6.45, 7) is 10.8. The van der Waals surface area contributed by atoms with Crippen LogP contribution in [0.3, 0.4) is 0 Å². The molecule has 5 nitrogen and oxygen atoms in total. The Balaban J connectivity index is 1.55. The standard InChI is InChI=1S/C22H28Cl2N4O/c1-15-7-10-27(14-15)22(3)8-11-26(12-9-22)19-13-20(29)28(16(2)25-19)18-6-4-5-17(23)21(18)24/h4-6,13,15H,7-12,14H2,1-3H3/t15-/m0/s1. The van der Waals surface area contributed by atoms with Crippen LogP contribution in [-0.2, 0) is 0 Å². The maximum Gasteiger partial charge on any atom is 0.260 e. The van der Waals surface area contributed by atoms with Gasteiger partial charge in [0.05, 0.1) is 15.7 Å². The summed E-state index contributed by atoms with van der Waals surface area (Å²) in [4.78, 5) is 22.6. The predicted molar refractivity (Wildman–Crippen MR) is 120 cm³/mol. The van der Waals surface area contributed by atoms with E-state index in [1.54, 1.807) is 24.3 Å². The first-order valence-corrected chi connectivity index (χ1v) is 11.1. The summed E-state index contributed by atoms with van der Waals surface area (Å²) in [6, 6.07) is 6.90. The van der Waals surface area contributed by atoms with Crippen LogP contribution in [0.2, 0.25) is 10.0 Å². The minimum absolute atomic E-state index is 0.140. The molecule has 1 aromatic carbocycles. The first-order chi connectivity index (χ1) is 13.8. The number of rotatable bonds is 3. The Hall–Kier alpha value is -1.56. The number of nitrogens with zero attached hydrogens (tertiary/aromatic N) is 4. The van der Waals surface area contributed by atoms with Gasteiger partial charge in [0.2, 0.25) is 0 Å². The Morgan fingerprint density at radius 1 is 1.17 bits per heavy atom. The molecule has 2 aliphatic heterocycles. The zero-order valence-electron chi connectivity index (χ0n) is 17.3. The molecule has 0 spiro atoms. The van der Waals surface area contributed by atoms with Crippen molar-refractivity contribution in [2.24, 2.45) is 5.92 Å². The topological polar surface area (TPSA) is 41.4 Å². The zero-order chi connectivity index (χ0) is 20.8. The number of piperidine rings is 1. The fourth-order valence-electron chi connectivity index (χ4n) is 4.66. The van der Waals surface area contributed by atoms with E-state index in [1.165, 1.54) is 24.1 Å². The van der Waals surface area contributed by atoms with E-state index >= 15 is 0 Å². The second-order valence-corrected chi connectivity index (χ2v) is 9.52. The highest BCUT2D eigenvalue weighted by molar-refractivity contribution is 6.43. The van der Waals surface area contributed by atoms with E-state index in [2.05, 4.69) is 23.6 Å². The van der Waals surface area contributed by atoms with Crippen molar-refractivity contribution < 1.29 is 0 Å². The van der Waals surface area contributed by atoms with Crippen molar-refractivity contribution in [3.8, 4) is 5.69 Å². The van der Waals surface area contributed by atoms with Gasteiger partial charge < -0.3 is 4.90 Å². The van der Waals surface area contributed by atoms with Crippen LogP contribution >= 0.6 is 23.2 Å². The van der Waals surface area contributed by atoms with Gasteiger partial charge in [-0.3, -0.25) is 14.3 Å². The quantitative estimate of drug-likeness (QED) is 0.710. The van der Waals surface area contributed by atoms with E-state index in [1.807, 2.05) is 6.92 Å². The second-order valence-electron chi connectivity index (χ2n) is 8.73. The molecule has 1 atom stereocenters. The van der Waals surface area contributed by atoms with E-state index in [0.29, 0.717) is 21.6 Å². The molecular weight excluding hydrogens is 407 g/mol. The number of likely N-dealkylation sites (tertiary alicyclic amines) is 1. The smallest absolute Gasteiger partial charge is 0.260 e. The molecule has 1 aromatic heterocycles. The molecule has 0 radical (unpaired) electrons. The third kappa shape index (κ3) is 3.92. The van der Waals surface area contributed by atoms with Gasteiger partial charge in [0.15, 0.2) is 0 Å². The molecule has 29 heavy (non-hydrogen) atoms. The highest BCUT2D eigenvalue weighted by atomic mass is 35.5. The number of aromatic nitrogens is 2. The molecule has 7 heteroatoms. The molecule has 2 fully saturated rings. The predicted octanol–water partition coefficient (Wildman–Crippen LogP) is 4.55. The second kappa shape index (κ2) is 7.93. The van der Waals surface area contributed by atoms with Crippen molar-refractivity contribution in [2.45, 2.75) is 45.6 Å². The van der Waals surface area contributed by atoms with E-state index in [9.17, 15) is 4.79 Å². The third-order valence-electron chi connectivity index (χ3n) is 6.60. The van der Waals surface area contributed by atoms with Crippen LogP contribution in [0, 0.1) is 12.8 Å². The minimum Gasteiger partial charge on any atom is -0.356 e. The number of hydrogen-bond acceptors (Lipinski definition) is 4. The molecule has 2 saturated heterocycles. The molecule has 3 heterocycles. The average molecular weight is 435 g/mol. The lowest BCUT2D eigenvalue weighted by atomic mass is 9.88. The molecule has 2 aliphatic rings. The Kier molecular flexibility index (Phi) is 5.66. The Morgan fingerprint density at radius 2 is 1.90 bits per heavy atom. The van der Waals surface area contributed by atoms with E-state index in [4.69, 9.17) is 28.2 Å². The van der Waals surface area contributed by atoms with Gasteiger partial charge in [-0.15, -0.1) is 0 Å². The van der Waals surface area contributed by atoms with Gasteiger partial charge in [0, 0.05) is 31.2 Å². The van der Waals surface area contributed by atoms with Gasteiger partial charge in [-0.2, -0.15) is 0 Å². The van der Waals surface area contributed by atoms with Crippen molar-refractivity contribution >= 4 is 29.0 Å². The maximum atomic E-state index is 12.9. The van der Waals surface area contributed by atoms with Crippen LogP contribution in [0.1, 0.15) is 38.9 Å². The van der Waals surface area contributed by atoms with Gasteiger partial charge in [0.1, 0.15) is 11.6 Å². The Morgan fingerprint density at radius 3 is 2.52 bits per heavy atom. The van der Waals surface area contributed by atoms with Crippen molar-refractivity contribution in [2.75, 3.05) is 31.1 Å².